The van der Waals surface area contributed by atoms with E-state index in [2.05, 4.69) is 0 Å². The Hall–Kier alpha value is -1.36. The Balaban J connectivity index is 3.30. The summed E-state index contributed by atoms with van der Waals surface area (Å²) in [4.78, 5) is 0. The van der Waals surface area contributed by atoms with Crippen LogP contribution in [0.25, 0.3) is 0 Å². The monoisotopic (exact) mass is 163 g/mol. The summed E-state index contributed by atoms with van der Waals surface area (Å²) >= 11 is 0. The van der Waals surface area contributed by atoms with Crippen LogP contribution >= 0.6 is 0 Å². The third-order valence-electron chi connectivity index (χ3n) is 1.78. The van der Waals surface area contributed by atoms with E-state index >= 15 is 0 Å². The highest BCUT2D eigenvalue weighted by molar-refractivity contribution is 5.40. The molecule has 0 N–H and O–H groups in total. The van der Waals surface area contributed by atoms with Crippen LogP contribution in [-0.2, 0) is 0 Å². The summed E-state index contributed by atoms with van der Waals surface area (Å²) in [7, 11) is 0. The topological polar surface area (TPSA) is 23.8 Å². The van der Waals surface area contributed by atoms with Gasteiger partial charge in [-0.25, -0.2) is 4.39 Å². The maximum Gasteiger partial charge on any atom is 0.141 e. The van der Waals surface area contributed by atoms with E-state index in [9.17, 15) is 4.39 Å². The molecule has 1 nitrogen and oxygen atoms in total. The molecule has 0 heterocycles. The Kier molecular flexibility index (Phi) is 2.44. The van der Waals surface area contributed by atoms with Gasteiger partial charge in [-0.1, -0.05) is 26.0 Å². The van der Waals surface area contributed by atoms with Crippen LogP contribution in [0.5, 0.6) is 0 Å². The fourth-order valence-corrected chi connectivity index (χ4v) is 1.14. The predicted molar refractivity (Wildman–Crippen MR) is 45.2 cm³/mol. The third kappa shape index (κ3) is 1.45. The minimum Gasteiger partial charge on any atom is -0.206 e. The van der Waals surface area contributed by atoms with E-state index in [0.717, 1.165) is 5.56 Å². The van der Waals surface area contributed by atoms with E-state index < -0.39 is 5.82 Å². The van der Waals surface area contributed by atoms with Crippen molar-refractivity contribution in [3.05, 3.63) is 35.1 Å². The number of nitrogens with zero attached hydrogens (tertiary/aromatic N) is 1. The molecule has 1 aromatic carbocycles. The molecule has 1 rings (SSSR count). The van der Waals surface area contributed by atoms with Gasteiger partial charge in [0.1, 0.15) is 11.9 Å². The van der Waals surface area contributed by atoms with Crippen molar-refractivity contribution in [2.75, 3.05) is 0 Å². The number of rotatable bonds is 1. The van der Waals surface area contributed by atoms with E-state index in [4.69, 9.17) is 5.26 Å². The Morgan fingerprint density at radius 1 is 1.42 bits per heavy atom. The summed E-state index contributed by atoms with van der Waals surface area (Å²) in [5, 5.41) is 8.66. The minimum absolute atomic E-state index is 0.174. The molecule has 0 bridgehead atoms. The molecule has 62 valence electrons. The minimum atomic E-state index is -0.427. The van der Waals surface area contributed by atoms with Crippen LogP contribution in [0.4, 0.5) is 4.39 Å². The smallest absolute Gasteiger partial charge is 0.141 e. The molecule has 0 aromatic heterocycles. The molecular formula is C10H10FN. The lowest BCUT2D eigenvalue weighted by molar-refractivity contribution is 0.619. The first-order valence-electron chi connectivity index (χ1n) is 3.85. The molecule has 0 atom stereocenters. The van der Waals surface area contributed by atoms with Gasteiger partial charge < -0.3 is 0 Å². The lowest BCUT2D eigenvalue weighted by Crippen LogP contribution is -1.95. The third-order valence-corrected chi connectivity index (χ3v) is 1.78. The highest BCUT2D eigenvalue weighted by Crippen LogP contribution is 2.20. The summed E-state index contributed by atoms with van der Waals surface area (Å²) in [6.07, 6.45) is 0. The summed E-state index contributed by atoms with van der Waals surface area (Å²) in [6, 6.07) is 6.59. The van der Waals surface area contributed by atoms with Crippen LogP contribution in [0.2, 0.25) is 0 Å². The molecule has 0 spiro atoms. The maximum atomic E-state index is 13.0. The van der Waals surface area contributed by atoms with Crippen LogP contribution in [0, 0.1) is 17.1 Å². The van der Waals surface area contributed by atoms with Crippen molar-refractivity contribution in [3.8, 4) is 6.07 Å². The van der Waals surface area contributed by atoms with Crippen molar-refractivity contribution in [1.29, 1.82) is 5.26 Å². The van der Waals surface area contributed by atoms with E-state index in [1.165, 1.54) is 6.07 Å². The number of halogens is 1. The lowest BCUT2D eigenvalue weighted by atomic mass is 9.98. The first-order valence-corrected chi connectivity index (χ1v) is 3.85. The van der Waals surface area contributed by atoms with E-state index in [1.54, 1.807) is 12.1 Å². The van der Waals surface area contributed by atoms with Crippen molar-refractivity contribution in [1.82, 2.24) is 0 Å². The molecule has 0 fully saturated rings. The molecule has 0 saturated heterocycles. The number of benzene rings is 1. The van der Waals surface area contributed by atoms with Gasteiger partial charge in [0, 0.05) is 0 Å². The van der Waals surface area contributed by atoms with Crippen molar-refractivity contribution >= 4 is 0 Å². The quantitative estimate of drug-likeness (QED) is 0.624. The number of nitriles is 1. The normalized spacial score (nSPS) is 9.92. The zero-order valence-corrected chi connectivity index (χ0v) is 7.13. The Bertz CT molecular complexity index is 323. The van der Waals surface area contributed by atoms with Gasteiger partial charge in [0.25, 0.3) is 0 Å². The molecule has 1 aromatic rings. The van der Waals surface area contributed by atoms with Gasteiger partial charge in [0.15, 0.2) is 0 Å². The van der Waals surface area contributed by atoms with Gasteiger partial charge >= 0.3 is 0 Å². The molecule has 0 aliphatic carbocycles. The molecule has 0 aliphatic heterocycles. The molecule has 0 aliphatic rings. The summed E-state index contributed by atoms with van der Waals surface area (Å²) < 4.78 is 13.0. The van der Waals surface area contributed by atoms with Crippen molar-refractivity contribution < 1.29 is 4.39 Å². The largest absolute Gasteiger partial charge is 0.206 e. The number of hydrogen-bond donors (Lipinski definition) is 0. The van der Waals surface area contributed by atoms with Gasteiger partial charge in [-0.3, -0.25) is 0 Å². The highest BCUT2D eigenvalue weighted by Gasteiger charge is 2.09. The zero-order valence-electron chi connectivity index (χ0n) is 7.13. The number of hydrogen-bond acceptors (Lipinski definition) is 1. The van der Waals surface area contributed by atoms with Crippen LogP contribution in [0.1, 0.15) is 30.9 Å². The fourth-order valence-electron chi connectivity index (χ4n) is 1.14. The Labute approximate surface area is 71.4 Å². The molecule has 0 amide bonds. The molecule has 0 unspecified atom stereocenters. The summed E-state index contributed by atoms with van der Waals surface area (Å²) in [5.41, 5.74) is 0.949. The zero-order chi connectivity index (χ0) is 9.14. The second kappa shape index (κ2) is 3.36. The SMILES string of the molecule is CC(C)c1cccc(F)c1C#N. The van der Waals surface area contributed by atoms with Gasteiger partial charge in [-0.05, 0) is 17.5 Å². The molecular weight excluding hydrogens is 153 g/mol. The highest BCUT2D eigenvalue weighted by atomic mass is 19.1. The Morgan fingerprint density at radius 3 is 2.50 bits per heavy atom. The van der Waals surface area contributed by atoms with Crippen LogP contribution < -0.4 is 0 Å². The van der Waals surface area contributed by atoms with Gasteiger partial charge in [0.2, 0.25) is 0 Å². The molecule has 2 heteroatoms. The van der Waals surface area contributed by atoms with E-state index in [-0.39, 0.29) is 11.5 Å². The Morgan fingerprint density at radius 2 is 2.08 bits per heavy atom. The van der Waals surface area contributed by atoms with Crippen molar-refractivity contribution in [3.63, 3.8) is 0 Å². The summed E-state index contributed by atoms with van der Waals surface area (Å²) in [5.74, 6) is -0.237. The van der Waals surface area contributed by atoms with Gasteiger partial charge in [-0.15, -0.1) is 0 Å². The van der Waals surface area contributed by atoms with E-state index in [0.29, 0.717) is 0 Å². The second-order valence-electron chi connectivity index (χ2n) is 2.97. The molecule has 0 saturated carbocycles. The van der Waals surface area contributed by atoms with E-state index in [1.807, 2.05) is 19.9 Å². The maximum absolute atomic E-state index is 13.0. The fraction of sp³-hybridized carbons (Fsp3) is 0.300. The lowest BCUT2D eigenvalue weighted by Gasteiger charge is -2.06. The van der Waals surface area contributed by atoms with Crippen molar-refractivity contribution in [2.24, 2.45) is 0 Å². The summed E-state index contributed by atoms with van der Waals surface area (Å²) in [6.45, 7) is 3.88. The van der Waals surface area contributed by atoms with Gasteiger partial charge in [-0.2, -0.15) is 5.26 Å². The van der Waals surface area contributed by atoms with Crippen LogP contribution in [0.15, 0.2) is 18.2 Å². The standard InChI is InChI=1S/C10H10FN/c1-7(2)8-4-3-5-10(11)9(8)6-12/h3-5,7H,1-2H3. The average molecular weight is 163 g/mol. The first-order chi connectivity index (χ1) is 5.66. The van der Waals surface area contributed by atoms with Crippen molar-refractivity contribution in [2.45, 2.75) is 19.8 Å². The molecule has 12 heavy (non-hydrogen) atoms. The first kappa shape index (κ1) is 8.73. The average Bonchev–Trinajstić information content (AvgIpc) is 2.03. The van der Waals surface area contributed by atoms with Gasteiger partial charge in [0.05, 0.1) is 5.56 Å². The van der Waals surface area contributed by atoms with Crippen LogP contribution in [0.3, 0.4) is 0 Å². The van der Waals surface area contributed by atoms with Crippen LogP contribution in [-0.4, -0.2) is 0 Å². The predicted octanol–water partition coefficient (Wildman–Crippen LogP) is 2.82. The molecule has 0 radical (unpaired) electrons. The second-order valence-corrected chi connectivity index (χ2v) is 2.97.